The van der Waals surface area contributed by atoms with Crippen LogP contribution < -0.4 is 4.74 Å². The summed E-state index contributed by atoms with van der Waals surface area (Å²) >= 11 is 0. The molecule has 1 saturated carbocycles. The van der Waals surface area contributed by atoms with E-state index in [1.54, 1.807) is 29.2 Å². The van der Waals surface area contributed by atoms with Gasteiger partial charge < -0.3 is 14.7 Å². The standard InChI is InChI=1S/C19H25NO4/c1-12(2)11-24-15-7-5-14(6-8-15)18(21)20-9-16(13-3-4-13)17(10-20)19(22)23/h5-8,12-13,16-17H,3-4,9-11H2,1-2H3,(H,22,23)/t16-,17+/m1/s1. The molecule has 0 radical (unpaired) electrons. The average Bonchev–Trinajstić information content (AvgIpc) is 3.30. The van der Waals surface area contributed by atoms with Crippen LogP contribution in [-0.2, 0) is 4.79 Å². The van der Waals surface area contributed by atoms with Crippen molar-refractivity contribution in [2.45, 2.75) is 26.7 Å². The summed E-state index contributed by atoms with van der Waals surface area (Å²) in [5, 5.41) is 9.42. The van der Waals surface area contributed by atoms with Gasteiger partial charge in [0.2, 0.25) is 0 Å². The molecule has 3 rings (SSSR count). The lowest BCUT2D eigenvalue weighted by atomic mass is 9.92. The minimum atomic E-state index is -0.778. The van der Waals surface area contributed by atoms with Gasteiger partial charge in [-0.3, -0.25) is 9.59 Å². The van der Waals surface area contributed by atoms with Gasteiger partial charge in [-0.05, 0) is 54.9 Å². The Labute approximate surface area is 142 Å². The zero-order valence-corrected chi connectivity index (χ0v) is 14.3. The molecule has 0 aromatic heterocycles. The molecule has 2 atom stereocenters. The van der Waals surface area contributed by atoms with E-state index in [0.717, 1.165) is 18.6 Å². The van der Waals surface area contributed by atoms with Crippen LogP contribution in [0.15, 0.2) is 24.3 Å². The van der Waals surface area contributed by atoms with Gasteiger partial charge in [0.05, 0.1) is 12.5 Å². The molecule has 5 nitrogen and oxygen atoms in total. The molecule has 130 valence electrons. The Kier molecular flexibility index (Phi) is 4.78. The van der Waals surface area contributed by atoms with Crippen molar-refractivity contribution in [3.63, 3.8) is 0 Å². The predicted molar refractivity (Wildman–Crippen MR) is 90.0 cm³/mol. The second-order valence-electron chi connectivity index (χ2n) is 7.39. The lowest BCUT2D eigenvalue weighted by Crippen LogP contribution is -2.29. The van der Waals surface area contributed by atoms with Gasteiger partial charge in [-0.1, -0.05) is 13.8 Å². The lowest BCUT2D eigenvalue weighted by Gasteiger charge is -2.16. The number of amides is 1. The highest BCUT2D eigenvalue weighted by Gasteiger charge is 2.46. The first-order chi connectivity index (χ1) is 11.5. The Hall–Kier alpha value is -2.04. The quantitative estimate of drug-likeness (QED) is 0.870. The largest absolute Gasteiger partial charge is 0.493 e. The van der Waals surface area contributed by atoms with Crippen LogP contribution in [0.25, 0.3) is 0 Å². The number of likely N-dealkylation sites (tertiary alicyclic amines) is 1. The van der Waals surface area contributed by atoms with Crippen LogP contribution in [0.1, 0.15) is 37.0 Å². The van der Waals surface area contributed by atoms with Gasteiger partial charge >= 0.3 is 5.97 Å². The van der Waals surface area contributed by atoms with Crippen molar-refractivity contribution < 1.29 is 19.4 Å². The maximum Gasteiger partial charge on any atom is 0.308 e. The van der Waals surface area contributed by atoms with Crippen molar-refractivity contribution in [1.29, 1.82) is 0 Å². The molecule has 5 heteroatoms. The van der Waals surface area contributed by atoms with E-state index in [4.69, 9.17) is 4.74 Å². The van der Waals surface area contributed by atoms with E-state index in [0.29, 0.717) is 37.1 Å². The Morgan fingerprint density at radius 2 is 1.88 bits per heavy atom. The Morgan fingerprint density at radius 1 is 1.21 bits per heavy atom. The van der Waals surface area contributed by atoms with Gasteiger partial charge in [-0.2, -0.15) is 0 Å². The fraction of sp³-hybridized carbons (Fsp3) is 0.579. The van der Waals surface area contributed by atoms with Crippen molar-refractivity contribution in [2.75, 3.05) is 19.7 Å². The molecule has 2 aliphatic rings. The third-order valence-electron chi connectivity index (χ3n) is 4.88. The molecular formula is C19H25NO4. The summed E-state index contributed by atoms with van der Waals surface area (Å²) in [6.45, 7) is 5.69. The van der Waals surface area contributed by atoms with Crippen LogP contribution in [0, 0.1) is 23.7 Å². The summed E-state index contributed by atoms with van der Waals surface area (Å²) in [5.41, 5.74) is 0.590. The van der Waals surface area contributed by atoms with E-state index in [-0.39, 0.29) is 11.8 Å². The number of nitrogens with zero attached hydrogens (tertiary/aromatic N) is 1. The van der Waals surface area contributed by atoms with Crippen LogP contribution in [-0.4, -0.2) is 41.6 Å². The van der Waals surface area contributed by atoms with Crippen LogP contribution >= 0.6 is 0 Å². The summed E-state index contributed by atoms with van der Waals surface area (Å²) in [7, 11) is 0. The van der Waals surface area contributed by atoms with Gasteiger partial charge in [0.25, 0.3) is 5.91 Å². The molecule has 0 spiro atoms. The number of carbonyl (C=O) groups is 2. The van der Waals surface area contributed by atoms with E-state index < -0.39 is 11.9 Å². The number of ether oxygens (including phenoxy) is 1. The number of hydrogen-bond acceptors (Lipinski definition) is 3. The predicted octanol–water partition coefficient (Wildman–Crippen LogP) is 2.90. The molecule has 1 N–H and O–H groups in total. The average molecular weight is 331 g/mol. The van der Waals surface area contributed by atoms with Crippen molar-refractivity contribution >= 4 is 11.9 Å². The van der Waals surface area contributed by atoms with Crippen LogP contribution in [0.2, 0.25) is 0 Å². The van der Waals surface area contributed by atoms with Crippen LogP contribution in [0.4, 0.5) is 0 Å². The SMILES string of the molecule is CC(C)COc1ccc(C(=O)N2C[C@H](C(=O)O)[C@@H](C3CC3)C2)cc1. The first-order valence-corrected chi connectivity index (χ1v) is 8.70. The second-order valence-corrected chi connectivity index (χ2v) is 7.39. The van der Waals surface area contributed by atoms with Gasteiger partial charge in [0.15, 0.2) is 0 Å². The Bertz CT molecular complexity index is 606. The third-order valence-corrected chi connectivity index (χ3v) is 4.88. The molecule has 2 fully saturated rings. The first kappa shape index (κ1) is 16.8. The number of hydrogen-bond donors (Lipinski definition) is 1. The summed E-state index contributed by atoms with van der Waals surface area (Å²) in [6, 6.07) is 7.13. The molecule has 1 aliphatic heterocycles. The number of carboxylic acid groups (broad SMARTS) is 1. The highest BCUT2D eigenvalue weighted by molar-refractivity contribution is 5.95. The van der Waals surface area contributed by atoms with Crippen molar-refractivity contribution in [3.8, 4) is 5.75 Å². The maximum absolute atomic E-state index is 12.7. The van der Waals surface area contributed by atoms with Gasteiger partial charge in [0, 0.05) is 18.7 Å². The Morgan fingerprint density at radius 3 is 2.42 bits per heavy atom. The fourth-order valence-electron chi connectivity index (χ4n) is 3.40. The second kappa shape index (κ2) is 6.83. The minimum Gasteiger partial charge on any atom is -0.493 e. The molecule has 1 saturated heterocycles. The highest BCUT2D eigenvalue weighted by atomic mass is 16.5. The van der Waals surface area contributed by atoms with Gasteiger partial charge in [0.1, 0.15) is 5.75 Å². The van der Waals surface area contributed by atoms with Gasteiger partial charge in [-0.25, -0.2) is 0 Å². The minimum absolute atomic E-state index is 0.0835. The van der Waals surface area contributed by atoms with E-state index in [1.165, 1.54) is 0 Å². The van der Waals surface area contributed by atoms with Crippen LogP contribution in [0.3, 0.4) is 0 Å². The molecule has 1 amide bonds. The highest BCUT2D eigenvalue weighted by Crippen LogP contribution is 2.44. The molecule has 1 aromatic rings. The zero-order valence-electron chi connectivity index (χ0n) is 14.3. The normalized spacial score (nSPS) is 23.5. The topological polar surface area (TPSA) is 66.8 Å². The first-order valence-electron chi connectivity index (χ1n) is 8.70. The maximum atomic E-state index is 12.7. The van der Waals surface area contributed by atoms with E-state index in [9.17, 15) is 14.7 Å². The van der Waals surface area contributed by atoms with Crippen LogP contribution in [0.5, 0.6) is 5.75 Å². The molecule has 24 heavy (non-hydrogen) atoms. The molecule has 0 unspecified atom stereocenters. The lowest BCUT2D eigenvalue weighted by molar-refractivity contribution is -0.142. The summed E-state index contributed by atoms with van der Waals surface area (Å²) in [6.07, 6.45) is 2.19. The molecule has 1 aromatic carbocycles. The monoisotopic (exact) mass is 331 g/mol. The smallest absolute Gasteiger partial charge is 0.308 e. The van der Waals surface area contributed by atoms with E-state index >= 15 is 0 Å². The van der Waals surface area contributed by atoms with Gasteiger partial charge in [-0.15, -0.1) is 0 Å². The number of rotatable bonds is 6. The summed E-state index contributed by atoms with van der Waals surface area (Å²) in [4.78, 5) is 25.8. The molecule has 1 aliphatic carbocycles. The molecular weight excluding hydrogens is 306 g/mol. The summed E-state index contributed by atoms with van der Waals surface area (Å²) < 4.78 is 5.63. The number of benzene rings is 1. The number of carboxylic acids is 1. The van der Waals surface area contributed by atoms with Crippen molar-refractivity contribution in [2.24, 2.45) is 23.7 Å². The van der Waals surface area contributed by atoms with E-state index in [1.807, 2.05) is 0 Å². The third kappa shape index (κ3) is 3.71. The number of carbonyl (C=O) groups excluding carboxylic acids is 1. The zero-order chi connectivity index (χ0) is 17.3. The molecule has 1 heterocycles. The molecule has 0 bridgehead atoms. The number of aliphatic carboxylic acids is 1. The van der Waals surface area contributed by atoms with Crippen molar-refractivity contribution in [1.82, 2.24) is 4.90 Å². The van der Waals surface area contributed by atoms with Crippen molar-refractivity contribution in [3.05, 3.63) is 29.8 Å². The Balaban J connectivity index is 1.64. The fourth-order valence-corrected chi connectivity index (χ4v) is 3.40. The summed E-state index contributed by atoms with van der Waals surface area (Å²) in [5.74, 6) is 0.509. The van der Waals surface area contributed by atoms with E-state index in [2.05, 4.69) is 13.8 Å².